The van der Waals surface area contributed by atoms with Gasteiger partial charge in [-0.3, -0.25) is 4.79 Å². The van der Waals surface area contributed by atoms with Gasteiger partial charge in [-0.15, -0.1) is 0 Å². The molecular formula is C8H16N2O2. The summed E-state index contributed by atoms with van der Waals surface area (Å²) in [5, 5.41) is 14.8. The number of aliphatic hydroxyl groups is 1. The molecule has 1 saturated carbocycles. The molecule has 0 aromatic heterocycles. The number of amides is 1. The molecule has 70 valence electrons. The third-order valence-corrected chi connectivity index (χ3v) is 2.16. The third kappa shape index (κ3) is 2.79. The minimum absolute atomic E-state index is 0.00866. The van der Waals surface area contributed by atoms with Crippen molar-refractivity contribution >= 4 is 5.91 Å². The van der Waals surface area contributed by atoms with Gasteiger partial charge in [-0.1, -0.05) is 0 Å². The Labute approximate surface area is 72.3 Å². The van der Waals surface area contributed by atoms with Crippen molar-refractivity contribution in [3.8, 4) is 0 Å². The number of carbonyl (C=O) groups excluding carboxylic acids is 1. The Morgan fingerprint density at radius 2 is 2.17 bits per heavy atom. The molecule has 1 aliphatic carbocycles. The summed E-state index contributed by atoms with van der Waals surface area (Å²) in [5.74, 6) is -0.00866. The van der Waals surface area contributed by atoms with Crippen LogP contribution in [-0.2, 0) is 4.79 Å². The minimum Gasteiger partial charge on any atom is -0.394 e. The van der Waals surface area contributed by atoms with Crippen molar-refractivity contribution in [2.45, 2.75) is 25.3 Å². The molecule has 0 radical (unpaired) electrons. The first-order chi connectivity index (χ1) is 5.68. The Bertz CT molecular complexity index is 166. The van der Waals surface area contributed by atoms with Gasteiger partial charge in [0.05, 0.1) is 6.61 Å². The van der Waals surface area contributed by atoms with E-state index in [1.54, 1.807) is 0 Å². The van der Waals surface area contributed by atoms with Gasteiger partial charge in [0.15, 0.2) is 0 Å². The van der Waals surface area contributed by atoms with Crippen molar-refractivity contribution in [2.24, 2.45) is 0 Å². The fourth-order valence-electron chi connectivity index (χ4n) is 1.11. The number of aliphatic hydroxyl groups excluding tert-OH is 1. The van der Waals surface area contributed by atoms with Crippen molar-refractivity contribution in [1.29, 1.82) is 0 Å². The molecule has 1 amide bonds. The standard InChI is InChI=1S/C8H16N2O2/c1-7(12)9-4-5-10-8(6-11)2-3-8/h10-11H,2-6H2,1H3,(H,9,12). The maximum Gasteiger partial charge on any atom is 0.216 e. The minimum atomic E-state index is -0.0154. The highest BCUT2D eigenvalue weighted by Crippen LogP contribution is 2.33. The van der Waals surface area contributed by atoms with Crippen LogP contribution in [0.25, 0.3) is 0 Å². The molecule has 0 unspecified atom stereocenters. The zero-order valence-corrected chi connectivity index (χ0v) is 7.39. The van der Waals surface area contributed by atoms with Crippen molar-refractivity contribution in [3.63, 3.8) is 0 Å². The number of rotatable bonds is 5. The predicted octanol–water partition coefficient (Wildman–Crippen LogP) is -0.763. The maximum absolute atomic E-state index is 10.5. The molecule has 4 nitrogen and oxygen atoms in total. The van der Waals surface area contributed by atoms with Crippen molar-refractivity contribution in [1.82, 2.24) is 10.6 Å². The van der Waals surface area contributed by atoms with Crippen LogP contribution >= 0.6 is 0 Å². The average Bonchev–Trinajstić information content (AvgIpc) is 2.79. The Kier molecular flexibility index (Phi) is 3.05. The first-order valence-electron chi connectivity index (χ1n) is 4.29. The van der Waals surface area contributed by atoms with E-state index in [1.165, 1.54) is 6.92 Å². The van der Waals surface area contributed by atoms with Gasteiger partial charge < -0.3 is 15.7 Å². The Balaban J connectivity index is 1.99. The molecule has 1 rings (SSSR count). The Morgan fingerprint density at radius 3 is 2.58 bits per heavy atom. The molecule has 1 fully saturated rings. The van der Waals surface area contributed by atoms with E-state index >= 15 is 0 Å². The van der Waals surface area contributed by atoms with E-state index in [0.29, 0.717) is 6.54 Å². The van der Waals surface area contributed by atoms with Crippen LogP contribution < -0.4 is 10.6 Å². The molecule has 0 spiro atoms. The second-order valence-corrected chi connectivity index (χ2v) is 3.35. The Morgan fingerprint density at radius 1 is 1.50 bits per heavy atom. The molecule has 3 N–H and O–H groups in total. The molecule has 1 aliphatic rings. The molecule has 12 heavy (non-hydrogen) atoms. The van der Waals surface area contributed by atoms with Gasteiger partial charge in [-0.25, -0.2) is 0 Å². The lowest BCUT2D eigenvalue weighted by molar-refractivity contribution is -0.118. The SMILES string of the molecule is CC(=O)NCCNC1(CO)CC1. The highest BCUT2D eigenvalue weighted by molar-refractivity contribution is 5.72. The van der Waals surface area contributed by atoms with Crippen LogP contribution in [0.1, 0.15) is 19.8 Å². The van der Waals surface area contributed by atoms with E-state index in [1.807, 2.05) is 0 Å². The molecule has 0 aromatic rings. The molecule has 0 aliphatic heterocycles. The van der Waals surface area contributed by atoms with Crippen molar-refractivity contribution in [3.05, 3.63) is 0 Å². The summed E-state index contributed by atoms with van der Waals surface area (Å²) in [6.07, 6.45) is 2.09. The quantitative estimate of drug-likeness (QED) is 0.478. The van der Waals surface area contributed by atoms with Crippen LogP contribution in [0.3, 0.4) is 0 Å². The molecular weight excluding hydrogens is 156 g/mol. The van der Waals surface area contributed by atoms with Gasteiger partial charge in [0.2, 0.25) is 5.91 Å². The van der Waals surface area contributed by atoms with Gasteiger partial charge in [0.25, 0.3) is 0 Å². The monoisotopic (exact) mass is 172 g/mol. The number of hydrogen-bond acceptors (Lipinski definition) is 3. The molecule has 0 bridgehead atoms. The van der Waals surface area contributed by atoms with E-state index in [-0.39, 0.29) is 18.1 Å². The molecule has 0 atom stereocenters. The van der Waals surface area contributed by atoms with E-state index in [0.717, 1.165) is 19.4 Å². The van der Waals surface area contributed by atoms with Crippen LogP contribution in [-0.4, -0.2) is 36.2 Å². The largest absolute Gasteiger partial charge is 0.394 e. The van der Waals surface area contributed by atoms with E-state index in [2.05, 4.69) is 10.6 Å². The second kappa shape index (κ2) is 3.87. The van der Waals surface area contributed by atoms with Crippen molar-refractivity contribution in [2.75, 3.05) is 19.7 Å². The van der Waals surface area contributed by atoms with Gasteiger partial charge in [0.1, 0.15) is 0 Å². The van der Waals surface area contributed by atoms with E-state index in [4.69, 9.17) is 5.11 Å². The highest BCUT2D eigenvalue weighted by atomic mass is 16.3. The summed E-state index contributed by atoms with van der Waals surface area (Å²) in [4.78, 5) is 10.5. The predicted molar refractivity (Wildman–Crippen MR) is 45.7 cm³/mol. The molecule has 4 heteroatoms. The lowest BCUT2D eigenvalue weighted by Gasteiger charge is -2.13. The normalized spacial score (nSPS) is 18.8. The molecule has 0 aromatic carbocycles. The van der Waals surface area contributed by atoms with Gasteiger partial charge in [0, 0.05) is 25.6 Å². The molecule has 0 saturated heterocycles. The zero-order valence-electron chi connectivity index (χ0n) is 7.39. The number of carbonyl (C=O) groups is 1. The topological polar surface area (TPSA) is 61.4 Å². The summed E-state index contributed by atoms with van der Waals surface area (Å²) >= 11 is 0. The average molecular weight is 172 g/mol. The summed E-state index contributed by atoms with van der Waals surface area (Å²) in [7, 11) is 0. The highest BCUT2D eigenvalue weighted by Gasteiger charge is 2.41. The van der Waals surface area contributed by atoms with Crippen LogP contribution in [0.2, 0.25) is 0 Å². The lowest BCUT2D eigenvalue weighted by atomic mass is 10.3. The lowest BCUT2D eigenvalue weighted by Crippen LogP contribution is -2.40. The van der Waals surface area contributed by atoms with Crippen LogP contribution in [0, 0.1) is 0 Å². The second-order valence-electron chi connectivity index (χ2n) is 3.35. The first-order valence-corrected chi connectivity index (χ1v) is 4.29. The number of hydrogen-bond donors (Lipinski definition) is 3. The molecule has 0 heterocycles. The summed E-state index contributed by atoms with van der Waals surface area (Å²) in [5.41, 5.74) is -0.0154. The Hall–Kier alpha value is -0.610. The summed E-state index contributed by atoms with van der Waals surface area (Å²) < 4.78 is 0. The maximum atomic E-state index is 10.5. The summed E-state index contributed by atoms with van der Waals surface area (Å²) in [6, 6.07) is 0. The van der Waals surface area contributed by atoms with E-state index in [9.17, 15) is 4.79 Å². The van der Waals surface area contributed by atoms with Gasteiger partial charge in [-0.2, -0.15) is 0 Å². The van der Waals surface area contributed by atoms with Crippen LogP contribution in [0.15, 0.2) is 0 Å². The van der Waals surface area contributed by atoms with Crippen molar-refractivity contribution < 1.29 is 9.90 Å². The van der Waals surface area contributed by atoms with Crippen LogP contribution in [0.5, 0.6) is 0 Å². The van der Waals surface area contributed by atoms with Crippen LogP contribution in [0.4, 0.5) is 0 Å². The first kappa shape index (κ1) is 9.48. The fourth-order valence-corrected chi connectivity index (χ4v) is 1.11. The fraction of sp³-hybridized carbons (Fsp3) is 0.875. The van der Waals surface area contributed by atoms with E-state index < -0.39 is 0 Å². The third-order valence-electron chi connectivity index (χ3n) is 2.16. The zero-order chi connectivity index (χ0) is 9.03. The summed E-state index contributed by atoms with van der Waals surface area (Å²) in [6.45, 7) is 3.07. The van der Waals surface area contributed by atoms with Gasteiger partial charge >= 0.3 is 0 Å². The number of nitrogens with one attached hydrogen (secondary N) is 2. The smallest absolute Gasteiger partial charge is 0.216 e. The van der Waals surface area contributed by atoms with Gasteiger partial charge in [-0.05, 0) is 12.8 Å².